The van der Waals surface area contributed by atoms with Crippen LogP contribution in [0.1, 0.15) is 26.3 Å². The molecule has 0 bridgehead atoms. The maximum atomic E-state index is 12.2. The van der Waals surface area contributed by atoms with Crippen LogP contribution >= 0.6 is 0 Å². The zero-order chi connectivity index (χ0) is 17.0. The van der Waals surface area contributed by atoms with Crippen molar-refractivity contribution < 1.29 is 13.7 Å². The Hall–Kier alpha value is -1.44. The molecule has 1 aliphatic heterocycles. The van der Waals surface area contributed by atoms with Gasteiger partial charge in [0.1, 0.15) is 16.6 Å². The second-order valence-electron chi connectivity index (χ2n) is 6.72. The minimum atomic E-state index is -1.45. The van der Waals surface area contributed by atoms with Gasteiger partial charge in [-0.1, -0.05) is 12.1 Å². The highest BCUT2D eigenvalue weighted by atomic mass is 32.2. The van der Waals surface area contributed by atoms with Crippen LogP contribution in [-0.4, -0.2) is 46.5 Å². The van der Waals surface area contributed by atoms with Gasteiger partial charge >= 0.3 is 6.09 Å². The topological polar surface area (TPSA) is 84.7 Å². The molecule has 1 unspecified atom stereocenters. The third kappa shape index (κ3) is 5.60. The van der Waals surface area contributed by atoms with Crippen molar-refractivity contribution >= 4 is 17.1 Å². The Labute approximate surface area is 140 Å². The minimum absolute atomic E-state index is 0.172. The highest BCUT2D eigenvalue weighted by Crippen LogP contribution is 2.14. The van der Waals surface area contributed by atoms with Crippen molar-refractivity contribution in [1.82, 2.24) is 10.2 Å². The summed E-state index contributed by atoms with van der Waals surface area (Å²) in [6.07, 6.45) is 0.523. The Morgan fingerprint density at radius 1 is 1.39 bits per heavy atom. The summed E-state index contributed by atoms with van der Waals surface area (Å²) in [6.45, 7) is 7.61. The number of rotatable bonds is 3. The van der Waals surface area contributed by atoms with Crippen LogP contribution in [0.2, 0.25) is 0 Å². The molecule has 23 heavy (non-hydrogen) atoms. The molecule has 0 aliphatic carbocycles. The van der Waals surface area contributed by atoms with Gasteiger partial charge in [0.25, 0.3) is 0 Å². The lowest BCUT2D eigenvalue weighted by Gasteiger charge is -2.35. The van der Waals surface area contributed by atoms with Crippen LogP contribution in [0.5, 0.6) is 0 Å². The van der Waals surface area contributed by atoms with E-state index in [9.17, 15) is 9.00 Å². The molecular weight excluding hydrogens is 314 g/mol. The quantitative estimate of drug-likeness (QED) is 0.872. The Morgan fingerprint density at radius 2 is 2.04 bits per heavy atom. The van der Waals surface area contributed by atoms with Gasteiger partial charge in [0.05, 0.1) is 4.90 Å². The number of hydrogen-bond acceptors (Lipinski definition) is 4. The average molecular weight is 339 g/mol. The number of hydrogen-bond donors (Lipinski definition) is 2. The van der Waals surface area contributed by atoms with Crippen LogP contribution in [0, 0.1) is 0 Å². The molecule has 1 aromatic rings. The lowest BCUT2D eigenvalue weighted by molar-refractivity contribution is 0.0195. The van der Waals surface area contributed by atoms with Crippen LogP contribution in [0.15, 0.2) is 29.2 Å². The fraction of sp³-hybridized carbons (Fsp3) is 0.562. The summed E-state index contributed by atoms with van der Waals surface area (Å²) in [7, 11) is -1.45. The van der Waals surface area contributed by atoms with Gasteiger partial charge in [0.15, 0.2) is 0 Å². The molecule has 0 radical (unpaired) electrons. The molecule has 2 rings (SSSR count). The summed E-state index contributed by atoms with van der Waals surface area (Å²) < 4.78 is 16.6. The van der Waals surface area contributed by atoms with Crippen LogP contribution in [0.4, 0.5) is 4.79 Å². The van der Waals surface area contributed by atoms with Gasteiger partial charge < -0.3 is 15.0 Å². The van der Waals surface area contributed by atoms with E-state index < -0.39 is 16.6 Å². The number of amides is 1. The normalized spacial score (nSPS) is 20.2. The van der Waals surface area contributed by atoms with Gasteiger partial charge in [-0.05, 0) is 44.9 Å². The van der Waals surface area contributed by atoms with E-state index in [4.69, 9.17) is 9.88 Å². The monoisotopic (exact) mass is 339 g/mol. The van der Waals surface area contributed by atoms with Crippen LogP contribution in [0.3, 0.4) is 0 Å². The number of piperazine rings is 1. The zero-order valence-electron chi connectivity index (χ0n) is 13.9. The predicted molar refractivity (Wildman–Crippen MR) is 90.3 cm³/mol. The van der Waals surface area contributed by atoms with Gasteiger partial charge in [-0.15, -0.1) is 0 Å². The molecule has 0 aromatic heterocycles. The third-order valence-corrected chi connectivity index (χ3v) is 4.28. The summed E-state index contributed by atoms with van der Waals surface area (Å²) in [6, 6.07) is 7.58. The Bertz CT molecular complexity index is 569. The average Bonchev–Trinajstić information content (AvgIpc) is 2.46. The standard InChI is InChI=1S/C16H25N3O3S/c1-16(2,3)22-15(20)19-9-8-18-13(11-19)10-12-4-6-14(7-5-12)23(17)21/h4-7,13,18H,8-11,17H2,1-3H3/t13-,23?/m1/s1. The molecule has 1 aliphatic rings. The van der Waals surface area contributed by atoms with Crippen LogP contribution < -0.4 is 10.5 Å². The first-order valence-electron chi connectivity index (χ1n) is 7.71. The van der Waals surface area contributed by atoms with Crippen LogP contribution in [0.25, 0.3) is 0 Å². The van der Waals surface area contributed by atoms with E-state index in [-0.39, 0.29) is 12.1 Å². The van der Waals surface area contributed by atoms with Crippen molar-refractivity contribution in [3.63, 3.8) is 0 Å². The van der Waals surface area contributed by atoms with E-state index in [1.807, 2.05) is 32.9 Å². The summed E-state index contributed by atoms with van der Waals surface area (Å²) in [5.74, 6) is 0. The third-order valence-electron chi connectivity index (χ3n) is 3.54. The predicted octanol–water partition coefficient (Wildman–Crippen LogP) is 1.42. The Kier molecular flexibility index (Phi) is 5.78. The molecule has 128 valence electrons. The van der Waals surface area contributed by atoms with Crippen molar-refractivity contribution in [2.45, 2.75) is 43.7 Å². The van der Waals surface area contributed by atoms with E-state index >= 15 is 0 Å². The van der Waals surface area contributed by atoms with Crippen molar-refractivity contribution in [1.29, 1.82) is 0 Å². The van der Waals surface area contributed by atoms with E-state index in [1.165, 1.54) is 0 Å². The van der Waals surface area contributed by atoms with Crippen molar-refractivity contribution in [3.8, 4) is 0 Å². The van der Waals surface area contributed by atoms with E-state index in [0.717, 1.165) is 18.5 Å². The smallest absolute Gasteiger partial charge is 0.410 e. The van der Waals surface area contributed by atoms with Gasteiger partial charge in [-0.2, -0.15) is 0 Å². The summed E-state index contributed by atoms with van der Waals surface area (Å²) >= 11 is 0. The molecule has 0 spiro atoms. The SMILES string of the molecule is CC(C)(C)OC(=O)N1CCN[C@H](Cc2ccc(S(N)=O)cc2)C1. The number of ether oxygens (including phenoxy) is 1. The first-order chi connectivity index (χ1) is 10.7. The summed E-state index contributed by atoms with van der Waals surface area (Å²) in [5.41, 5.74) is 0.633. The molecule has 1 amide bonds. The highest BCUT2D eigenvalue weighted by molar-refractivity contribution is 7.82. The van der Waals surface area contributed by atoms with Gasteiger partial charge in [0, 0.05) is 25.7 Å². The summed E-state index contributed by atoms with van der Waals surface area (Å²) in [4.78, 5) is 14.5. The molecule has 2 atom stereocenters. The molecular formula is C16H25N3O3S. The fourth-order valence-electron chi connectivity index (χ4n) is 2.50. The van der Waals surface area contributed by atoms with E-state index in [1.54, 1.807) is 17.0 Å². The number of nitrogens with one attached hydrogen (secondary N) is 1. The lowest BCUT2D eigenvalue weighted by Crippen LogP contribution is -2.54. The van der Waals surface area contributed by atoms with Crippen LogP contribution in [-0.2, 0) is 22.1 Å². The number of carbonyl (C=O) groups is 1. The Balaban J connectivity index is 1.93. The zero-order valence-corrected chi connectivity index (χ0v) is 14.7. The summed E-state index contributed by atoms with van der Waals surface area (Å²) in [5, 5.41) is 8.77. The molecule has 1 aromatic carbocycles. The van der Waals surface area contributed by atoms with Crippen molar-refractivity contribution in [2.75, 3.05) is 19.6 Å². The number of nitrogens with two attached hydrogens (primary N) is 1. The Morgan fingerprint density at radius 3 is 2.61 bits per heavy atom. The molecule has 0 saturated carbocycles. The van der Waals surface area contributed by atoms with Gasteiger partial charge in [-0.3, -0.25) is 0 Å². The largest absolute Gasteiger partial charge is 0.444 e. The van der Waals surface area contributed by atoms with Crippen molar-refractivity contribution in [2.24, 2.45) is 5.14 Å². The highest BCUT2D eigenvalue weighted by Gasteiger charge is 2.27. The lowest BCUT2D eigenvalue weighted by atomic mass is 10.0. The molecule has 3 N–H and O–H groups in total. The number of benzene rings is 1. The second kappa shape index (κ2) is 7.42. The number of nitrogens with zero attached hydrogens (tertiary/aromatic N) is 1. The first-order valence-corrected chi connectivity index (χ1v) is 8.92. The molecule has 1 saturated heterocycles. The maximum absolute atomic E-state index is 12.2. The molecule has 7 heteroatoms. The van der Waals surface area contributed by atoms with Gasteiger partial charge in [-0.25, -0.2) is 14.1 Å². The van der Waals surface area contributed by atoms with E-state index in [2.05, 4.69) is 5.32 Å². The molecule has 1 heterocycles. The maximum Gasteiger partial charge on any atom is 0.410 e. The minimum Gasteiger partial charge on any atom is -0.444 e. The van der Waals surface area contributed by atoms with E-state index in [0.29, 0.717) is 18.0 Å². The van der Waals surface area contributed by atoms with Gasteiger partial charge in [0.2, 0.25) is 0 Å². The molecule has 6 nitrogen and oxygen atoms in total. The fourth-order valence-corrected chi connectivity index (χ4v) is 2.90. The molecule has 1 fully saturated rings. The number of carbonyl (C=O) groups excluding carboxylic acids is 1. The van der Waals surface area contributed by atoms with Crippen molar-refractivity contribution in [3.05, 3.63) is 29.8 Å². The second-order valence-corrected chi connectivity index (χ2v) is 7.79. The first kappa shape index (κ1) is 17.9.